The number of aliphatic hydroxyl groups excluding tert-OH is 2. The zero-order valence-electron chi connectivity index (χ0n) is 38.1. The van der Waals surface area contributed by atoms with Crippen molar-refractivity contribution < 1.29 is 203 Å². The molecule has 4 fully saturated rings. The first-order chi connectivity index (χ1) is 28.1. The fourth-order valence-electron chi connectivity index (χ4n) is 12.0. The molecule has 0 aromatic heterocycles. The van der Waals surface area contributed by atoms with Crippen LogP contribution in [0.25, 0.3) is 0 Å². The van der Waals surface area contributed by atoms with Gasteiger partial charge in [-0.05, 0) is 111 Å². The van der Waals surface area contributed by atoms with Gasteiger partial charge in [-0.2, -0.15) is 0 Å². The molecule has 4 rings (SSSR count). The third-order valence-corrected chi connectivity index (χ3v) is 14.9. The van der Waals surface area contributed by atoms with E-state index in [2.05, 4.69) is 19.2 Å². The van der Waals surface area contributed by atoms with Crippen LogP contribution in [0.5, 0.6) is 0 Å². The third kappa shape index (κ3) is 17.1. The molecule has 64 heavy (non-hydrogen) atoms. The largest absolute Gasteiger partial charge is 3.00 e. The van der Waals surface area contributed by atoms with Crippen LogP contribution in [0.1, 0.15) is 91.4 Å². The number of amides is 1. The van der Waals surface area contributed by atoms with Crippen LogP contribution in [0.4, 0.5) is 0 Å². The summed E-state index contributed by atoms with van der Waals surface area (Å²) in [7, 11) is 0. The van der Waals surface area contributed by atoms with E-state index in [4.69, 9.17) is 0 Å². The minimum atomic E-state index is -1.63. The number of carboxylic acids is 6. The molecule has 1 amide bonds. The first-order valence-corrected chi connectivity index (χ1v) is 21.1. The SMILES string of the molecule is CC(CCC(=O)[O-])[C@H]1CCC2C3C(C[C@H](O)[C@@]21C)[C@@]1(C)CC[C@@H](NC(=O)CC[C@H](C(=O)[O-])N(CCN(CC(=O)[O-])CC(=O)[O-])CCN(CC(=O)[O-])CC(=O)[O-])CC1C[C@H]3O.[Gd+3].[Na+].[Na+].[Na+]. The van der Waals surface area contributed by atoms with E-state index in [1.807, 2.05) is 6.92 Å². The third-order valence-electron chi connectivity index (χ3n) is 14.9. The quantitative estimate of drug-likeness (QED) is 0.0756. The van der Waals surface area contributed by atoms with E-state index >= 15 is 0 Å². The Morgan fingerprint density at radius 2 is 1.19 bits per heavy atom. The van der Waals surface area contributed by atoms with Crippen LogP contribution in [-0.2, 0) is 33.6 Å². The Bertz CT molecular complexity index is 1530. The van der Waals surface area contributed by atoms with E-state index in [1.165, 1.54) is 4.90 Å². The number of rotatable bonds is 24. The van der Waals surface area contributed by atoms with Gasteiger partial charge in [0.1, 0.15) is 0 Å². The van der Waals surface area contributed by atoms with E-state index in [9.17, 15) is 74.4 Å². The Morgan fingerprint density at radius 1 is 0.672 bits per heavy atom. The Hall–Kier alpha value is 0.415. The molecule has 0 bridgehead atoms. The summed E-state index contributed by atoms with van der Waals surface area (Å²) in [6.07, 6.45) is 3.13. The monoisotopic (exact) mass is 1080 g/mol. The Kier molecular flexibility index (Phi) is 29.1. The number of aliphatic hydroxyl groups is 2. The molecule has 1 radical (unpaired) electrons. The van der Waals surface area contributed by atoms with E-state index in [1.54, 1.807) is 0 Å². The van der Waals surface area contributed by atoms with E-state index < -0.39 is 91.6 Å². The van der Waals surface area contributed by atoms with E-state index in [-0.39, 0.29) is 221 Å². The standard InChI is InChI=1S/C41H66N4O15.Gd.3Na/c1-23(4-9-33(49)50)26-5-6-27-38-28(18-31(47)41(26,27)3)40(2)11-10-25(16-24(40)17-30(38)46)42-32(48)8-7-29(39(59)60)45(14-12-43(19-34(51)52)20-35(53)54)15-13-44(21-36(55)56)22-37(57)58;;;;/h23-31,38,46-47H,4-22H2,1-3H3,(H,42,48)(H,49,50)(H,51,52)(H,53,54)(H,55,56)(H,57,58)(H,59,60);;;;/q;+3;3*+1/p-6/t23?,24?,25-,26-,27?,28?,29-,30-,31+,38?,40+,41-;;;;/m1..../s1. The second-order valence-corrected chi connectivity index (χ2v) is 18.3. The van der Waals surface area contributed by atoms with Crippen molar-refractivity contribution in [1.82, 2.24) is 20.0 Å². The first-order valence-electron chi connectivity index (χ1n) is 21.1. The summed E-state index contributed by atoms with van der Waals surface area (Å²) in [6, 6.07) is -1.81. The molecule has 4 saturated carbocycles. The van der Waals surface area contributed by atoms with Crippen LogP contribution in [0, 0.1) is 86.3 Å². The molecule has 4 aliphatic carbocycles. The maximum absolute atomic E-state index is 13.4. The van der Waals surface area contributed by atoms with Crippen molar-refractivity contribution in [1.29, 1.82) is 0 Å². The maximum Gasteiger partial charge on any atom is 3.00 e. The van der Waals surface area contributed by atoms with Crippen LogP contribution in [-0.4, -0.2) is 143 Å². The van der Waals surface area contributed by atoms with Crippen LogP contribution >= 0.6 is 0 Å². The van der Waals surface area contributed by atoms with Gasteiger partial charge >= 0.3 is 129 Å². The zero-order chi connectivity index (χ0) is 44.7. The number of carbonyl (C=O) groups excluding carboxylic acids is 7. The van der Waals surface area contributed by atoms with Gasteiger partial charge in [0.05, 0.1) is 42.1 Å². The number of carboxylic acid groups (broad SMARTS) is 6. The second-order valence-electron chi connectivity index (χ2n) is 18.3. The molecular formula is C41H60GdN4Na3O15. The molecule has 5 unspecified atom stereocenters. The summed E-state index contributed by atoms with van der Waals surface area (Å²) in [5, 5.41) is 95.4. The van der Waals surface area contributed by atoms with Gasteiger partial charge in [0, 0.05) is 76.8 Å². The maximum atomic E-state index is 13.4. The first kappa shape index (κ1) is 64.4. The predicted molar refractivity (Wildman–Crippen MR) is 196 cm³/mol. The Balaban J connectivity index is 0.00000992. The molecule has 12 atom stereocenters. The predicted octanol–water partition coefficient (Wildman–Crippen LogP) is -15.9. The van der Waals surface area contributed by atoms with Crippen molar-refractivity contribution in [2.75, 3.05) is 52.4 Å². The van der Waals surface area contributed by atoms with Gasteiger partial charge in [0.15, 0.2) is 0 Å². The molecule has 19 nitrogen and oxygen atoms in total. The van der Waals surface area contributed by atoms with E-state index in [0.717, 1.165) is 29.1 Å². The van der Waals surface area contributed by atoms with Crippen molar-refractivity contribution in [3.05, 3.63) is 0 Å². The summed E-state index contributed by atoms with van der Waals surface area (Å²) in [5.41, 5.74) is -0.688. The number of nitrogens with one attached hydrogen (secondary N) is 1. The van der Waals surface area contributed by atoms with Crippen molar-refractivity contribution in [2.45, 2.75) is 116 Å². The zero-order valence-corrected chi connectivity index (χ0v) is 46.4. The number of hydrogen-bond acceptors (Lipinski definition) is 18. The smallest absolute Gasteiger partial charge is 0.550 e. The van der Waals surface area contributed by atoms with Crippen molar-refractivity contribution in [3.63, 3.8) is 0 Å². The molecule has 0 heterocycles. The second kappa shape index (κ2) is 28.9. The minimum absolute atomic E-state index is 0. The van der Waals surface area contributed by atoms with Crippen molar-refractivity contribution in [3.8, 4) is 0 Å². The van der Waals surface area contributed by atoms with Gasteiger partial charge in [-0.1, -0.05) is 20.8 Å². The number of nitrogens with zero attached hydrogens (tertiary/aromatic N) is 3. The Labute approximate surface area is 473 Å². The number of aliphatic carboxylic acids is 6. The van der Waals surface area contributed by atoms with Gasteiger partial charge in [-0.25, -0.2) is 0 Å². The Morgan fingerprint density at radius 3 is 1.66 bits per heavy atom. The van der Waals surface area contributed by atoms with Gasteiger partial charge < -0.3 is 74.9 Å². The van der Waals surface area contributed by atoms with E-state index in [0.29, 0.717) is 32.1 Å². The number of carbonyl (C=O) groups is 7. The topological polar surface area (TPSA) is 320 Å². The van der Waals surface area contributed by atoms with Gasteiger partial charge in [0.2, 0.25) is 5.91 Å². The van der Waals surface area contributed by atoms with Crippen LogP contribution in [0.3, 0.4) is 0 Å². The van der Waals surface area contributed by atoms with Crippen LogP contribution < -0.4 is 125 Å². The molecule has 345 valence electrons. The average Bonchev–Trinajstić information content (AvgIpc) is 3.49. The molecular weight excluding hydrogens is 1010 g/mol. The van der Waals surface area contributed by atoms with Gasteiger partial charge in [0.25, 0.3) is 0 Å². The van der Waals surface area contributed by atoms with Crippen LogP contribution in [0.2, 0.25) is 0 Å². The van der Waals surface area contributed by atoms with Gasteiger partial charge in [-0.3, -0.25) is 19.5 Å². The fourth-order valence-corrected chi connectivity index (χ4v) is 12.0. The molecule has 0 aliphatic heterocycles. The summed E-state index contributed by atoms with van der Waals surface area (Å²) in [6.45, 7) is 1.72. The molecule has 0 aromatic rings. The number of hydrogen-bond donors (Lipinski definition) is 3. The molecule has 23 heteroatoms. The normalized spacial score (nSPS) is 30.1. The van der Waals surface area contributed by atoms with Crippen LogP contribution in [0.15, 0.2) is 0 Å². The average molecular weight is 1080 g/mol. The molecule has 0 spiro atoms. The fraction of sp³-hybridized carbons (Fsp3) is 0.829. The molecule has 0 aromatic carbocycles. The number of fused-ring (bicyclic) bond motifs is 5. The van der Waals surface area contributed by atoms with Crippen molar-refractivity contribution in [2.24, 2.45) is 46.3 Å². The molecule has 4 aliphatic rings. The summed E-state index contributed by atoms with van der Waals surface area (Å²) >= 11 is 0. The minimum Gasteiger partial charge on any atom is -0.550 e. The summed E-state index contributed by atoms with van der Waals surface area (Å²) < 4.78 is 0. The van der Waals surface area contributed by atoms with Gasteiger partial charge in [-0.15, -0.1) is 0 Å². The summed E-state index contributed by atoms with van der Waals surface area (Å²) in [5.74, 6) is -9.38. The molecule has 0 saturated heterocycles. The molecule has 3 N–H and O–H groups in total. The summed E-state index contributed by atoms with van der Waals surface area (Å²) in [4.78, 5) is 85.2. The van der Waals surface area contributed by atoms with Crippen molar-refractivity contribution >= 4 is 41.7 Å².